The third kappa shape index (κ3) is 1.74. The van der Waals surface area contributed by atoms with Gasteiger partial charge in [-0.1, -0.05) is 12.1 Å². The zero-order valence-corrected chi connectivity index (χ0v) is 10.1. The average molecular weight is 251 g/mol. The summed E-state index contributed by atoms with van der Waals surface area (Å²) in [5.74, 6) is 0.221. The van der Waals surface area contributed by atoms with Crippen LogP contribution in [0.3, 0.4) is 0 Å². The number of fused-ring (bicyclic) bond motifs is 1. The van der Waals surface area contributed by atoms with E-state index in [1.165, 1.54) is 0 Å². The van der Waals surface area contributed by atoms with Crippen LogP contribution in [-0.4, -0.2) is 26.6 Å². The number of rotatable bonds is 1. The summed E-state index contributed by atoms with van der Waals surface area (Å²) in [4.78, 5) is 14.0. The van der Waals surface area contributed by atoms with Gasteiger partial charge in [0.2, 0.25) is 5.91 Å². The van der Waals surface area contributed by atoms with Crippen molar-refractivity contribution in [2.45, 2.75) is 17.7 Å². The minimum Gasteiger partial charge on any atom is -0.310 e. The summed E-state index contributed by atoms with van der Waals surface area (Å²) in [6.45, 7) is 0.286. The highest BCUT2D eigenvalue weighted by molar-refractivity contribution is 7.91. The lowest BCUT2D eigenvalue weighted by Gasteiger charge is -2.29. The molecule has 0 N–H and O–H groups in total. The van der Waals surface area contributed by atoms with Crippen LogP contribution in [0.4, 0.5) is 5.69 Å². The molecule has 1 aliphatic heterocycles. The molecule has 1 amide bonds. The fourth-order valence-electron chi connectivity index (χ4n) is 2.16. The lowest BCUT2D eigenvalue weighted by Crippen LogP contribution is -2.40. The molecule has 1 saturated carbocycles. The standard InChI is InChI=1S/C12H13NO3S/c14-12(9-5-6-9)13-7-8-17(15,16)11-4-2-1-3-10(11)13/h1-4,9H,5-8H2. The van der Waals surface area contributed by atoms with E-state index in [1.807, 2.05) is 0 Å². The van der Waals surface area contributed by atoms with Gasteiger partial charge >= 0.3 is 0 Å². The summed E-state index contributed by atoms with van der Waals surface area (Å²) in [5.41, 5.74) is 0.552. The number of sulfone groups is 1. The topological polar surface area (TPSA) is 54.5 Å². The summed E-state index contributed by atoms with van der Waals surface area (Å²) in [6.07, 6.45) is 1.87. The quantitative estimate of drug-likeness (QED) is 0.754. The smallest absolute Gasteiger partial charge is 0.230 e. The van der Waals surface area contributed by atoms with E-state index >= 15 is 0 Å². The average Bonchev–Trinajstić information content (AvgIpc) is 3.12. The lowest BCUT2D eigenvalue weighted by atomic mass is 10.2. The van der Waals surface area contributed by atoms with Crippen LogP contribution in [0.2, 0.25) is 0 Å². The Balaban J connectivity index is 2.07. The molecule has 0 unspecified atom stereocenters. The van der Waals surface area contributed by atoms with Gasteiger partial charge in [0.1, 0.15) is 0 Å². The van der Waals surface area contributed by atoms with E-state index in [4.69, 9.17) is 0 Å². The number of carbonyl (C=O) groups is 1. The number of anilines is 1. The van der Waals surface area contributed by atoms with Crippen molar-refractivity contribution in [3.63, 3.8) is 0 Å². The van der Waals surface area contributed by atoms with Crippen LogP contribution < -0.4 is 4.90 Å². The normalized spacial score (nSPS) is 22.0. The van der Waals surface area contributed by atoms with Crippen molar-refractivity contribution in [2.24, 2.45) is 5.92 Å². The number of hydrogen-bond donors (Lipinski definition) is 0. The van der Waals surface area contributed by atoms with E-state index in [2.05, 4.69) is 0 Å². The Hall–Kier alpha value is -1.36. The van der Waals surface area contributed by atoms with E-state index in [1.54, 1.807) is 29.2 Å². The molecule has 0 aromatic heterocycles. The highest BCUT2D eigenvalue weighted by atomic mass is 32.2. The third-order valence-electron chi connectivity index (χ3n) is 3.27. The van der Waals surface area contributed by atoms with Crippen LogP contribution in [0.1, 0.15) is 12.8 Å². The Bertz CT molecular complexity index is 575. The van der Waals surface area contributed by atoms with Gasteiger partial charge in [-0.2, -0.15) is 0 Å². The monoisotopic (exact) mass is 251 g/mol. The number of amides is 1. The summed E-state index contributed by atoms with van der Waals surface area (Å²) in [6, 6.07) is 6.76. The van der Waals surface area contributed by atoms with Crippen molar-refractivity contribution in [3.8, 4) is 0 Å². The van der Waals surface area contributed by atoms with Crippen LogP contribution >= 0.6 is 0 Å². The van der Waals surface area contributed by atoms with Gasteiger partial charge in [0, 0.05) is 12.5 Å². The largest absolute Gasteiger partial charge is 0.310 e. The fourth-order valence-corrected chi connectivity index (χ4v) is 3.59. The molecule has 4 nitrogen and oxygen atoms in total. The van der Waals surface area contributed by atoms with E-state index in [0.29, 0.717) is 10.6 Å². The molecule has 1 aromatic rings. The molecular formula is C12H13NO3S. The first kappa shape index (κ1) is 10.8. The molecule has 17 heavy (non-hydrogen) atoms. The molecule has 0 radical (unpaired) electrons. The molecule has 1 aromatic carbocycles. The molecular weight excluding hydrogens is 238 g/mol. The molecule has 5 heteroatoms. The van der Waals surface area contributed by atoms with Crippen LogP contribution in [0.25, 0.3) is 0 Å². The molecule has 3 rings (SSSR count). The van der Waals surface area contributed by atoms with Gasteiger partial charge < -0.3 is 4.90 Å². The molecule has 0 atom stereocenters. The van der Waals surface area contributed by atoms with Crippen molar-refractivity contribution in [1.82, 2.24) is 0 Å². The van der Waals surface area contributed by atoms with Gasteiger partial charge in [0.15, 0.2) is 9.84 Å². The lowest BCUT2D eigenvalue weighted by molar-refractivity contribution is -0.119. The van der Waals surface area contributed by atoms with Gasteiger partial charge in [-0.25, -0.2) is 8.42 Å². The highest BCUT2D eigenvalue weighted by Gasteiger charge is 2.38. The van der Waals surface area contributed by atoms with E-state index in [0.717, 1.165) is 12.8 Å². The molecule has 0 bridgehead atoms. The van der Waals surface area contributed by atoms with Crippen molar-refractivity contribution in [3.05, 3.63) is 24.3 Å². The van der Waals surface area contributed by atoms with Crippen LogP contribution in [0, 0.1) is 5.92 Å². The maximum Gasteiger partial charge on any atom is 0.230 e. The Morgan fingerprint density at radius 3 is 2.65 bits per heavy atom. The molecule has 1 heterocycles. The second-order valence-corrected chi connectivity index (χ2v) is 6.63. The molecule has 90 valence electrons. The first-order valence-corrected chi connectivity index (χ1v) is 7.38. The Labute approximate surface area is 100 Å². The van der Waals surface area contributed by atoms with Crippen LogP contribution in [-0.2, 0) is 14.6 Å². The molecule has 1 fully saturated rings. The van der Waals surface area contributed by atoms with E-state index in [-0.39, 0.29) is 24.1 Å². The Kier molecular flexibility index (Phi) is 2.26. The SMILES string of the molecule is O=C(C1CC1)N1CCS(=O)(=O)c2ccccc21. The summed E-state index contributed by atoms with van der Waals surface area (Å²) in [5, 5.41) is 0. The van der Waals surface area contributed by atoms with Gasteiger partial charge in [0.05, 0.1) is 16.3 Å². The minimum absolute atomic E-state index is 0.0302. The zero-order chi connectivity index (χ0) is 12.0. The van der Waals surface area contributed by atoms with Crippen molar-refractivity contribution >= 4 is 21.4 Å². The predicted octanol–water partition coefficient (Wildman–Crippen LogP) is 1.22. The number of carbonyl (C=O) groups excluding carboxylic acids is 1. The van der Waals surface area contributed by atoms with Crippen molar-refractivity contribution in [2.75, 3.05) is 17.2 Å². The number of hydrogen-bond acceptors (Lipinski definition) is 3. The number of nitrogens with zero attached hydrogens (tertiary/aromatic N) is 1. The fraction of sp³-hybridized carbons (Fsp3) is 0.417. The minimum atomic E-state index is -3.21. The Morgan fingerprint density at radius 2 is 1.94 bits per heavy atom. The second kappa shape index (κ2) is 3.57. The number of benzene rings is 1. The highest BCUT2D eigenvalue weighted by Crippen LogP contribution is 2.36. The van der Waals surface area contributed by atoms with Gasteiger partial charge in [-0.15, -0.1) is 0 Å². The van der Waals surface area contributed by atoms with Crippen LogP contribution in [0.5, 0.6) is 0 Å². The third-order valence-corrected chi connectivity index (χ3v) is 5.00. The van der Waals surface area contributed by atoms with Gasteiger partial charge in [-0.3, -0.25) is 4.79 Å². The predicted molar refractivity (Wildman–Crippen MR) is 63.6 cm³/mol. The first-order valence-electron chi connectivity index (χ1n) is 5.73. The second-order valence-electron chi connectivity index (χ2n) is 4.55. The van der Waals surface area contributed by atoms with Crippen molar-refractivity contribution < 1.29 is 13.2 Å². The molecule has 0 saturated heterocycles. The molecule has 2 aliphatic rings. The summed E-state index contributed by atoms with van der Waals surface area (Å²) >= 11 is 0. The number of para-hydroxylation sites is 1. The van der Waals surface area contributed by atoms with Crippen LogP contribution in [0.15, 0.2) is 29.2 Å². The summed E-state index contributed by atoms with van der Waals surface area (Å²) < 4.78 is 23.8. The Morgan fingerprint density at radius 1 is 1.24 bits per heavy atom. The first-order chi connectivity index (χ1) is 8.09. The van der Waals surface area contributed by atoms with E-state index < -0.39 is 9.84 Å². The summed E-state index contributed by atoms with van der Waals surface area (Å²) in [7, 11) is -3.21. The zero-order valence-electron chi connectivity index (χ0n) is 9.30. The maximum absolute atomic E-state index is 12.1. The van der Waals surface area contributed by atoms with E-state index in [9.17, 15) is 13.2 Å². The van der Waals surface area contributed by atoms with Crippen molar-refractivity contribution in [1.29, 1.82) is 0 Å². The van der Waals surface area contributed by atoms with Gasteiger partial charge in [-0.05, 0) is 25.0 Å². The van der Waals surface area contributed by atoms with Gasteiger partial charge in [0.25, 0.3) is 0 Å². The maximum atomic E-state index is 12.1. The molecule has 0 spiro atoms. The molecule has 1 aliphatic carbocycles.